The van der Waals surface area contributed by atoms with Gasteiger partial charge in [0.1, 0.15) is 0 Å². The molecule has 0 saturated carbocycles. The molecule has 4 heterocycles. The highest BCUT2D eigenvalue weighted by Crippen LogP contribution is 2.25. The van der Waals surface area contributed by atoms with Crippen LogP contribution in [0.5, 0.6) is 0 Å². The van der Waals surface area contributed by atoms with Crippen molar-refractivity contribution in [2.45, 2.75) is 12.8 Å². The number of morpholine rings is 1. The van der Waals surface area contributed by atoms with Crippen molar-refractivity contribution >= 4 is 22.9 Å². The van der Waals surface area contributed by atoms with E-state index in [4.69, 9.17) is 14.1 Å². The van der Waals surface area contributed by atoms with Crippen LogP contribution in [0.1, 0.15) is 12.8 Å². The number of nitrogens with zero attached hydrogens (tertiary/aromatic N) is 6. The molecular weight excluding hydrogens is 350 g/mol. The molecule has 2 saturated heterocycles. The van der Waals surface area contributed by atoms with Gasteiger partial charge in [-0.1, -0.05) is 0 Å². The number of piperidine rings is 1. The molecule has 1 unspecified atom stereocenters. The van der Waals surface area contributed by atoms with Crippen LogP contribution in [0.15, 0.2) is 4.63 Å². The summed E-state index contributed by atoms with van der Waals surface area (Å²) in [5.41, 5.74) is 0.866. The summed E-state index contributed by atoms with van der Waals surface area (Å²) in [5, 5.41) is 11.2. The van der Waals surface area contributed by atoms with Crippen LogP contribution in [-0.2, 0) is 9.47 Å². The third-order valence-corrected chi connectivity index (χ3v) is 5.18. The molecule has 2 aromatic rings. The first-order valence-corrected chi connectivity index (χ1v) is 9.61. The maximum Gasteiger partial charge on any atom is 0.245 e. The second kappa shape index (κ2) is 8.77. The lowest BCUT2D eigenvalue weighted by molar-refractivity contribution is 0.117. The minimum atomic E-state index is 0.430. The molecule has 2 aromatic heterocycles. The number of nitrogens with one attached hydrogen (secondary N) is 1. The van der Waals surface area contributed by atoms with Gasteiger partial charge in [-0.3, -0.25) is 0 Å². The van der Waals surface area contributed by atoms with Crippen molar-refractivity contribution in [3.63, 3.8) is 0 Å². The first-order chi connectivity index (χ1) is 13.3. The first-order valence-electron chi connectivity index (χ1n) is 9.61. The molecule has 0 amide bonds. The van der Waals surface area contributed by atoms with E-state index in [1.54, 1.807) is 7.11 Å². The third-order valence-electron chi connectivity index (χ3n) is 5.18. The molecule has 1 atom stereocenters. The monoisotopic (exact) mass is 377 g/mol. The highest BCUT2D eigenvalue weighted by molar-refractivity contribution is 5.74. The molecule has 0 aromatic carbocycles. The predicted octanol–water partition coefficient (Wildman–Crippen LogP) is 0.620. The van der Waals surface area contributed by atoms with Crippen molar-refractivity contribution in [3.05, 3.63) is 0 Å². The van der Waals surface area contributed by atoms with E-state index < -0.39 is 0 Å². The molecule has 4 rings (SSSR count). The van der Waals surface area contributed by atoms with E-state index in [0.717, 1.165) is 57.5 Å². The Morgan fingerprint density at radius 3 is 2.78 bits per heavy atom. The van der Waals surface area contributed by atoms with Crippen LogP contribution >= 0.6 is 0 Å². The summed E-state index contributed by atoms with van der Waals surface area (Å²) < 4.78 is 15.5. The maximum atomic E-state index is 5.46. The Kier molecular flexibility index (Phi) is 5.95. The van der Waals surface area contributed by atoms with Crippen LogP contribution in [0, 0.1) is 5.92 Å². The summed E-state index contributed by atoms with van der Waals surface area (Å²) in [4.78, 5) is 13.9. The first kappa shape index (κ1) is 18.3. The molecule has 2 fully saturated rings. The number of hydrogen-bond acceptors (Lipinski definition) is 10. The average molecular weight is 377 g/mol. The number of fused-ring (bicyclic) bond motifs is 1. The van der Waals surface area contributed by atoms with Crippen LogP contribution < -0.4 is 10.2 Å². The van der Waals surface area contributed by atoms with Crippen LogP contribution in [-0.4, -0.2) is 91.4 Å². The van der Waals surface area contributed by atoms with Gasteiger partial charge < -0.3 is 24.6 Å². The second-order valence-corrected chi connectivity index (χ2v) is 7.09. The number of rotatable bonds is 7. The van der Waals surface area contributed by atoms with Gasteiger partial charge in [0, 0.05) is 39.8 Å². The van der Waals surface area contributed by atoms with Crippen molar-refractivity contribution in [1.82, 2.24) is 25.2 Å². The Labute approximate surface area is 158 Å². The summed E-state index contributed by atoms with van der Waals surface area (Å²) in [6, 6.07) is 0. The van der Waals surface area contributed by atoms with E-state index in [2.05, 4.69) is 35.4 Å². The molecule has 10 heteroatoms. The van der Waals surface area contributed by atoms with Crippen molar-refractivity contribution in [1.29, 1.82) is 0 Å². The SMILES string of the molecule is COCCN1CCCC(CNc2nc3nonc3nc2N2CCOCC2)C1. The maximum absolute atomic E-state index is 5.46. The zero-order valence-corrected chi connectivity index (χ0v) is 15.8. The molecule has 27 heavy (non-hydrogen) atoms. The Bertz CT molecular complexity index is 734. The summed E-state index contributed by atoms with van der Waals surface area (Å²) >= 11 is 0. The summed E-state index contributed by atoms with van der Waals surface area (Å²) in [6.07, 6.45) is 2.43. The van der Waals surface area contributed by atoms with Crippen LogP contribution in [0.25, 0.3) is 11.3 Å². The van der Waals surface area contributed by atoms with Gasteiger partial charge >= 0.3 is 0 Å². The molecule has 2 aliphatic heterocycles. The molecule has 0 aliphatic carbocycles. The smallest absolute Gasteiger partial charge is 0.245 e. The number of aromatic nitrogens is 4. The van der Waals surface area contributed by atoms with Crippen molar-refractivity contribution in [2.24, 2.45) is 5.92 Å². The van der Waals surface area contributed by atoms with Gasteiger partial charge in [-0.15, -0.1) is 0 Å². The molecule has 10 nitrogen and oxygen atoms in total. The topological polar surface area (TPSA) is 102 Å². The molecule has 0 radical (unpaired) electrons. The Morgan fingerprint density at radius 1 is 1.15 bits per heavy atom. The van der Waals surface area contributed by atoms with Gasteiger partial charge in [-0.05, 0) is 35.6 Å². The van der Waals surface area contributed by atoms with Gasteiger partial charge in [0.15, 0.2) is 11.6 Å². The van der Waals surface area contributed by atoms with Gasteiger partial charge in [0.05, 0.1) is 19.8 Å². The van der Waals surface area contributed by atoms with Crippen LogP contribution in [0.3, 0.4) is 0 Å². The van der Waals surface area contributed by atoms with E-state index in [9.17, 15) is 0 Å². The third kappa shape index (κ3) is 4.45. The van der Waals surface area contributed by atoms with Crippen molar-refractivity contribution in [3.8, 4) is 0 Å². The van der Waals surface area contributed by atoms with Gasteiger partial charge in [-0.2, -0.15) is 0 Å². The van der Waals surface area contributed by atoms with Gasteiger partial charge in [0.25, 0.3) is 0 Å². The molecular formula is C17H27N7O3. The van der Waals surface area contributed by atoms with E-state index in [-0.39, 0.29) is 0 Å². The average Bonchev–Trinajstić information content (AvgIpc) is 3.18. The summed E-state index contributed by atoms with van der Waals surface area (Å²) in [6.45, 7) is 7.79. The van der Waals surface area contributed by atoms with Gasteiger partial charge in [-0.25, -0.2) is 14.6 Å². The molecule has 0 spiro atoms. The van der Waals surface area contributed by atoms with Crippen molar-refractivity contribution < 1.29 is 14.1 Å². The van der Waals surface area contributed by atoms with Crippen LogP contribution in [0.4, 0.5) is 11.6 Å². The number of hydrogen-bond donors (Lipinski definition) is 1. The van der Waals surface area contributed by atoms with E-state index in [0.29, 0.717) is 30.4 Å². The highest BCUT2D eigenvalue weighted by Gasteiger charge is 2.23. The fourth-order valence-corrected chi connectivity index (χ4v) is 3.73. The fraction of sp³-hybridized carbons (Fsp3) is 0.765. The van der Waals surface area contributed by atoms with Crippen LogP contribution in [0.2, 0.25) is 0 Å². The Balaban J connectivity index is 1.45. The fourth-order valence-electron chi connectivity index (χ4n) is 3.73. The normalized spacial score (nSPS) is 21.7. The predicted molar refractivity (Wildman–Crippen MR) is 100.0 cm³/mol. The quantitative estimate of drug-likeness (QED) is 0.739. The number of anilines is 2. The largest absolute Gasteiger partial charge is 0.383 e. The number of methoxy groups -OCH3 is 1. The second-order valence-electron chi connectivity index (χ2n) is 7.09. The van der Waals surface area contributed by atoms with E-state index in [1.165, 1.54) is 12.8 Å². The zero-order chi connectivity index (χ0) is 18.5. The lowest BCUT2D eigenvalue weighted by Crippen LogP contribution is -2.40. The minimum absolute atomic E-state index is 0.430. The minimum Gasteiger partial charge on any atom is -0.383 e. The summed E-state index contributed by atoms with van der Waals surface area (Å²) in [5.74, 6) is 2.11. The Morgan fingerprint density at radius 2 is 1.96 bits per heavy atom. The molecule has 2 aliphatic rings. The van der Waals surface area contributed by atoms with Gasteiger partial charge in [0.2, 0.25) is 11.3 Å². The lowest BCUT2D eigenvalue weighted by atomic mass is 9.98. The lowest BCUT2D eigenvalue weighted by Gasteiger charge is -2.33. The molecule has 1 N–H and O–H groups in total. The van der Waals surface area contributed by atoms with Crippen molar-refractivity contribution in [2.75, 3.05) is 76.4 Å². The summed E-state index contributed by atoms with van der Waals surface area (Å²) in [7, 11) is 1.75. The zero-order valence-electron chi connectivity index (χ0n) is 15.8. The molecule has 0 bridgehead atoms. The number of likely N-dealkylation sites (tertiary alicyclic amines) is 1. The highest BCUT2D eigenvalue weighted by atomic mass is 16.6. The van der Waals surface area contributed by atoms with E-state index in [1.807, 2.05) is 0 Å². The Hall–Kier alpha value is -2.04. The number of ether oxygens (including phenoxy) is 2. The molecule has 148 valence electrons. The van der Waals surface area contributed by atoms with E-state index >= 15 is 0 Å². The standard InChI is InChI=1S/C17H27N7O3/c1-25-8-5-23-4-2-3-13(12-23)11-18-16-17(24-6-9-26-10-7-24)20-15-14(19-16)21-27-22-15/h13H,2-12H2,1H3,(H,18,19,21).